The summed E-state index contributed by atoms with van der Waals surface area (Å²) in [6, 6.07) is 7.73. The molecule has 1 saturated carbocycles. The number of carbonyl (C=O) groups excluding carboxylic acids is 1. The van der Waals surface area contributed by atoms with E-state index in [1.165, 1.54) is 45.2 Å². The molecule has 5 heteroatoms. The molecule has 1 aromatic carbocycles. The number of benzene rings is 1. The van der Waals surface area contributed by atoms with Crippen LogP contribution in [0.5, 0.6) is 5.75 Å². The number of rotatable bonds is 9. The Hall–Kier alpha value is -1.59. The first kappa shape index (κ1) is 22.1. The van der Waals surface area contributed by atoms with E-state index in [1.54, 1.807) is 0 Å². The quantitative estimate of drug-likeness (QED) is 0.466. The average Bonchev–Trinajstić information content (AvgIpc) is 3.00. The van der Waals surface area contributed by atoms with Crippen LogP contribution in [0.4, 0.5) is 5.69 Å². The van der Waals surface area contributed by atoms with Gasteiger partial charge in [-0.15, -0.1) is 0 Å². The SMILES string of the molecule is CCOC1(C(=O)Nc2ccc(OCCCN3CCCCC3)cc2)CCCCCC1. The van der Waals surface area contributed by atoms with Crippen LogP contribution < -0.4 is 10.1 Å². The second-order valence-corrected chi connectivity index (χ2v) is 8.42. The summed E-state index contributed by atoms with van der Waals surface area (Å²) in [6.45, 7) is 6.85. The summed E-state index contributed by atoms with van der Waals surface area (Å²) in [5.74, 6) is 0.854. The number of hydrogen-bond donors (Lipinski definition) is 1. The Morgan fingerprint density at radius 2 is 1.66 bits per heavy atom. The van der Waals surface area contributed by atoms with Gasteiger partial charge in [-0.2, -0.15) is 0 Å². The minimum absolute atomic E-state index is 0.00329. The Kier molecular flexibility index (Phi) is 8.81. The number of nitrogens with zero attached hydrogens (tertiary/aromatic N) is 1. The molecule has 0 radical (unpaired) electrons. The lowest BCUT2D eigenvalue weighted by Crippen LogP contribution is -2.45. The van der Waals surface area contributed by atoms with Crippen LogP contribution >= 0.6 is 0 Å². The monoisotopic (exact) mass is 402 g/mol. The van der Waals surface area contributed by atoms with Gasteiger partial charge in [0.2, 0.25) is 0 Å². The largest absolute Gasteiger partial charge is 0.494 e. The predicted octanol–water partition coefficient (Wildman–Crippen LogP) is 5.01. The smallest absolute Gasteiger partial charge is 0.256 e. The third-order valence-electron chi connectivity index (χ3n) is 6.19. The Bertz CT molecular complexity index is 603. The van der Waals surface area contributed by atoms with Crippen molar-refractivity contribution < 1.29 is 14.3 Å². The Morgan fingerprint density at radius 1 is 1.00 bits per heavy atom. The summed E-state index contributed by atoms with van der Waals surface area (Å²) < 4.78 is 11.9. The molecule has 29 heavy (non-hydrogen) atoms. The van der Waals surface area contributed by atoms with Crippen LogP contribution in [0.25, 0.3) is 0 Å². The average molecular weight is 403 g/mol. The fraction of sp³-hybridized carbons (Fsp3) is 0.708. The zero-order valence-corrected chi connectivity index (χ0v) is 18.1. The number of anilines is 1. The Balaban J connectivity index is 1.45. The molecule has 0 bridgehead atoms. The summed E-state index contributed by atoms with van der Waals surface area (Å²) in [4.78, 5) is 15.5. The molecule has 1 saturated heterocycles. The van der Waals surface area contributed by atoms with E-state index in [2.05, 4.69) is 10.2 Å². The zero-order valence-electron chi connectivity index (χ0n) is 18.1. The van der Waals surface area contributed by atoms with Crippen LogP contribution in [0.2, 0.25) is 0 Å². The molecule has 0 unspecified atom stereocenters. The van der Waals surface area contributed by atoms with Gasteiger partial charge >= 0.3 is 0 Å². The molecule has 3 rings (SSSR count). The Morgan fingerprint density at radius 3 is 2.31 bits per heavy atom. The first-order chi connectivity index (χ1) is 14.2. The number of carbonyl (C=O) groups is 1. The fourth-order valence-corrected chi connectivity index (χ4v) is 4.55. The third-order valence-corrected chi connectivity index (χ3v) is 6.19. The highest BCUT2D eigenvalue weighted by Crippen LogP contribution is 2.32. The van der Waals surface area contributed by atoms with Gasteiger partial charge in [0.15, 0.2) is 0 Å². The summed E-state index contributed by atoms with van der Waals surface area (Å²) in [5, 5.41) is 3.08. The van der Waals surface area contributed by atoms with Crippen molar-refractivity contribution in [2.24, 2.45) is 0 Å². The zero-order chi connectivity index (χ0) is 20.4. The molecule has 1 aliphatic heterocycles. The lowest BCUT2D eigenvalue weighted by atomic mass is 9.93. The first-order valence-electron chi connectivity index (χ1n) is 11.6. The van der Waals surface area contributed by atoms with Gasteiger partial charge in [0.1, 0.15) is 11.4 Å². The highest BCUT2D eigenvalue weighted by atomic mass is 16.5. The molecule has 1 N–H and O–H groups in total. The van der Waals surface area contributed by atoms with E-state index in [0.29, 0.717) is 6.61 Å². The summed E-state index contributed by atoms with van der Waals surface area (Å²) in [6.07, 6.45) is 11.2. The van der Waals surface area contributed by atoms with Gasteiger partial charge in [-0.1, -0.05) is 32.1 Å². The van der Waals surface area contributed by atoms with Crippen LogP contribution in [-0.2, 0) is 9.53 Å². The van der Waals surface area contributed by atoms with Crippen molar-refractivity contribution in [2.45, 2.75) is 76.7 Å². The van der Waals surface area contributed by atoms with Crippen molar-refractivity contribution in [3.05, 3.63) is 24.3 Å². The molecule has 162 valence electrons. The van der Waals surface area contributed by atoms with Crippen molar-refractivity contribution in [3.63, 3.8) is 0 Å². The normalized spacial score (nSPS) is 20.0. The summed E-state index contributed by atoms with van der Waals surface area (Å²) in [7, 11) is 0. The van der Waals surface area contributed by atoms with E-state index in [1.807, 2.05) is 31.2 Å². The molecular formula is C24H38N2O3. The number of likely N-dealkylation sites (tertiary alicyclic amines) is 1. The van der Waals surface area contributed by atoms with Crippen LogP contribution in [-0.4, -0.2) is 49.3 Å². The van der Waals surface area contributed by atoms with Crippen LogP contribution in [0, 0.1) is 0 Å². The van der Waals surface area contributed by atoms with Crippen LogP contribution in [0.1, 0.15) is 71.1 Å². The number of ether oxygens (including phenoxy) is 2. The molecule has 0 aromatic heterocycles. The van der Waals surface area contributed by atoms with Crippen molar-refractivity contribution in [1.82, 2.24) is 4.90 Å². The number of amides is 1. The maximum Gasteiger partial charge on any atom is 0.256 e. The molecule has 2 fully saturated rings. The number of nitrogens with one attached hydrogen (secondary N) is 1. The fourth-order valence-electron chi connectivity index (χ4n) is 4.55. The van der Waals surface area contributed by atoms with Crippen LogP contribution in [0.3, 0.4) is 0 Å². The molecular weight excluding hydrogens is 364 g/mol. The summed E-state index contributed by atoms with van der Waals surface area (Å²) in [5.41, 5.74) is 0.133. The molecule has 0 atom stereocenters. The summed E-state index contributed by atoms with van der Waals surface area (Å²) >= 11 is 0. The van der Waals surface area contributed by atoms with Crippen molar-refractivity contribution in [2.75, 3.05) is 38.2 Å². The van der Waals surface area contributed by atoms with Gasteiger partial charge in [0, 0.05) is 18.8 Å². The van der Waals surface area contributed by atoms with Gasteiger partial charge in [0.25, 0.3) is 5.91 Å². The molecule has 1 aliphatic carbocycles. The minimum atomic E-state index is -0.672. The van der Waals surface area contributed by atoms with Gasteiger partial charge < -0.3 is 19.7 Å². The van der Waals surface area contributed by atoms with E-state index < -0.39 is 5.60 Å². The van der Waals surface area contributed by atoms with E-state index >= 15 is 0 Å². The van der Waals surface area contributed by atoms with Gasteiger partial charge in [-0.25, -0.2) is 0 Å². The van der Waals surface area contributed by atoms with Crippen LogP contribution in [0.15, 0.2) is 24.3 Å². The maximum atomic E-state index is 13.0. The molecule has 1 heterocycles. The molecule has 1 aromatic rings. The maximum absolute atomic E-state index is 13.0. The lowest BCUT2D eigenvalue weighted by Gasteiger charge is -2.31. The van der Waals surface area contributed by atoms with Gasteiger partial charge in [-0.05, 0) is 76.4 Å². The molecule has 1 amide bonds. The van der Waals surface area contributed by atoms with E-state index in [9.17, 15) is 4.79 Å². The second-order valence-electron chi connectivity index (χ2n) is 8.42. The Labute approximate surface area is 176 Å². The van der Waals surface area contributed by atoms with E-state index in [4.69, 9.17) is 9.47 Å². The van der Waals surface area contributed by atoms with E-state index in [-0.39, 0.29) is 5.91 Å². The molecule has 0 spiro atoms. The standard InChI is InChI=1S/C24H38N2O3/c1-2-29-24(15-6-3-4-7-16-24)23(27)25-21-11-13-22(14-12-21)28-20-10-19-26-17-8-5-9-18-26/h11-14H,2-10,15-20H2,1H3,(H,25,27). The lowest BCUT2D eigenvalue weighted by molar-refractivity contribution is -0.143. The molecule has 5 nitrogen and oxygen atoms in total. The number of hydrogen-bond acceptors (Lipinski definition) is 4. The molecule has 2 aliphatic rings. The highest BCUT2D eigenvalue weighted by Gasteiger charge is 2.39. The highest BCUT2D eigenvalue weighted by molar-refractivity contribution is 5.97. The third kappa shape index (κ3) is 6.71. The first-order valence-corrected chi connectivity index (χ1v) is 11.6. The van der Waals surface area contributed by atoms with E-state index in [0.717, 1.165) is 56.7 Å². The second kappa shape index (κ2) is 11.6. The van der Waals surface area contributed by atoms with Gasteiger partial charge in [0.05, 0.1) is 6.61 Å². The van der Waals surface area contributed by atoms with Crippen molar-refractivity contribution in [1.29, 1.82) is 0 Å². The van der Waals surface area contributed by atoms with Crippen molar-refractivity contribution >= 4 is 11.6 Å². The number of piperidine rings is 1. The predicted molar refractivity (Wildman–Crippen MR) is 118 cm³/mol. The minimum Gasteiger partial charge on any atom is -0.494 e. The topological polar surface area (TPSA) is 50.8 Å². The van der Waals surface area contributed by atoms with Crippen molar-refractivity contribution in [3.8, 4) is 5.75 Å². The van der Waals surface area contributed by atoms with Gasteiger partial charge in [-0.3, -0.25) is 4.79 Å².